The van der Waals surface area contributed by atoms with Gasteiger partial charge in [-0.2, -0.15) is 5.26 Å². The third-order valence-electron chi connectivity index (χ3n) is 1.56. The molecular weight excluding hydrogens is 158 g/mol. The first-order valence-corrected chi connectivity index (χ1v) is 4.69. The first-order valence-electron chi connectivity index (χ1n) is 4.69. The van der Waals surface area contributed by atoms with Gasteiger partial charge < -0.3 is 0 Å². The number of nitriles is 1. The molecule has 1 heteroatoms. The van der Waals surface area contributed by atoms with Crippen molar-refractivity contribution in [2.75, 3.05) is 0 Å². The van der Waals surface area contributed by atoms with Gasteiger partial charge in [0.1, 0.15) is 0 Å². The minimum Gasteiger partial charge on any atom is -0.198 e. The summed E-state index contributed by atoms with van der Waals surface area (Å²) in [7, 11) is 0. The molecule has 0 saturated heterocycles. The van der Waals surface area contributed by atoms with Gasteiger partial charge in [0.05, 0.1) is 6.07 Å². The Morgan fingerprint density at radius 3 is 2.23 bits per heavy atom. The molecule has 0 aliphatic carbocycles. The van der Waals surface area contributed by atoms with Crippen molar-refractivity contribution in [3.05, 3.63) is 37.0 Å². The lowest BCUT2D eigenvalue weighted by Gasteiger charge is -1.86. The molecule has 1 nitrogen and oxygen atoms in total. The molecular formula is C12H17N. The van der Waals surface area contributed by atoms with Crippen molar-refractivity contribution in [1.82, 2.24) is 0 Å². The topological polar surface area (TPSA) is 23.8 Å². The van der Waals surface area contributed by atoms with E-state index >= 15 is 0 Å². The van der Waals surface area contributed by atoms with Crippen molar-refractivity contribution >= 4 is 0 Å². The minimum atomic E-state index is 0.628. The second-order valence-corrected chi connectivity index (χ2v) is 2.74. The molecule has 0 aliphatic heterocycles. The number of nitrogens with zero attached hydrogens (tertiary/aromatic N) is 1. The predicted octanol–water partition coefficient (Wildman–Crippen LogP) is 3.76. The van der Waals surface area contributed by atoms with Gasteiger partial charge in [-0.15, -0.1) is 6.58 Å². The molecule has 0 radical (unpaired) electrons. The van der Waals surface area contributed by atoms with Gasteiger partial charge in [-0.3, -0.25) is 0 Å². The first-order chi connectivity index (χ1) is 6.41. The summed E-state index contributed by atoms with van der Waals surface area (Å²) >= 11 is 0. The molecule has 0 rings (SSSR count). The van der Waals surface area contributed by atoms with Gasteiger partial charge in [-0.05, 0) is 25.7 Å². The highest BCUT2D eigenvalue weighted by Crippen LogP contribution is 1.97. The summed E-state index contributed by atoms with van der Waals surface area (Å²) in [5.74, 6) is 0. The van der Waals surface area contributed by atoms with Gasteiger partial charge in [0.15, 0.2) is 0 Å². The summed E-state index contributed by atoms with van der Waals surface area (Å²) in [5.41, 5.74) is 0. The Morgan fingerprint density at radius 2 is 1.62 bits per heavy atom. The summed E-state index contributed by atoms with van der Waals surface area (Å²) in [6.07, 6.45) is 15.0. The standard InChI is InChI=1S/C12H17N/c1-2-3-4-5-6-7-8-9-10-11-12-13/h2,4-5,8-9H,1,3,6-7,10-11H2/b5-4+,9-8+. The zero-order valence-corrected chi connectivity index (χ0v) is 8.08. The second kappa shape index (κ2) is 10.7. The Morgan fingerprint density at radius 1 is 1.00 bits per heavy atom. The fourth-order valence-corrected chi connectivity index (χ4v) is 0.886. The minimum absolute atomic E-state index is 0.628. The molecule has 0 aliphatic rings. The quantitative estimate of drug-likeness (QED) is 0.427. The molecule has 0 aromatic carbocycles. The van der Waals surface area contributed by atoms with E-state index in [2.05, 4.69) is 37.0 Å². The smallest absolute Gasteiger partial charge is 0.0624 e. The molecule has 0 saturated carbocycles. The summed E-state index contributed by atoms with van der Waals surface area (Å²) in [4.78, 5) is 0. The predicted molar refractivity (Wildman–Crippen MR) is 57.2 cm³/mol. The SMILES string of the molecule is C=CC/C=C/CC/C=C/CCC#N. The average Bonchev–Trinajstić information content (AvgIpc) is 2.16. The lowest BCUT2D eigenvalue weighted by Crippen LogP contribution is -1.67. The maximum Gasteiger partial charge on any atom is 0.0624 e. The maximum atomic E-state index is 8.26. The lowest BCUT2D eigenvalue weighted by molar-refractivity contribution is 1.01. The number of allylic oxidation sites excluding steroid dienone is 5. The van der Waals surface area contributed by atoms with Crippen LogP contribution in [0.1, 0.15) is 32.1 Å². The molecule has 0 heterocycles. The van der Waals surface area contributed by atoms with E-state index in [1.165, 1.54) is 0 Å². The Kier molecular flexibility index (Phi) is 9.65. The van der Waals surface area contributed by atoms with Crippen molar-refractivity contribution in [2.24, 2.45) is 0 Å². The summed E-state index contributed by atoms with van der Waals surface area (Å²) in [5, 5.41) is 8.26. The van der Waals surface area contributed by atoms with Gasteiger partial charge in [0, 0.05) is 6.42 Å². The number of hydrogen-bond donors (Lipinski definition) is 0. The Balaban J connectivity index is 3.20. The normalized spacial score (nSPS) is 10.7. The van der Waals surface area contributed by atoms with E-state index in [-0.39, 0.29) is 0 Å². The molecule has 0 amide bonds. The van der Waals surface area contributed by atoms with E-state index in [4.69, 9.17) is 5.26 Å². The molecule has 0 N–H and O–H groups in total. The zero-order chi connectivity index (χ0) is 9.78. The molecule has 0 spiro atoms. The van der Waals surface area contributed by atoms with Crippen LogP contribution in [-0.2, 0) is 0 Å². The Labute approximate surface area is 81.1 Å². The van der Waals surface area contributed by atoms with Crippen LogP contribution >= 0.6 is 0 Å². The van der Waals surface area contributed by atoms with Crippen molar-refractivity contribution in [3.8, 4) is 6.07 Å². The van der Waals surface area contributed by atoms with E-state index in [1.807, 2.05) is 6.08 Å². The van der Waals surface area contributed by atoms with Crippen LogP contribution < -0.4 is 0 Å². The van der Waals surface area contributed by atoms with Crippen molar-refractivity contribution in [1.29, 1.82) is 5.26 Å². The second-order valence-electron chi connectivity index (χ2n) is 2.74. The largest absolute Gasteiger partial charge is 0.198 e. The third kappa shape index (κ3) is 10.7. The monoisotopic (exact) mass is 175 g/mol. The summed E-state index contributed by atoms with van der Waals surface area (Å²) in [6.45, 7) is 3.63. The van der Waals surface area contributed by atoms with Gasteiger partial charge in [0.2, 0.25) is 0 Å². The highest BCUT2D eigenvalue weighted by molar-refractivity contribution is 4.91. The van der Waals surface area contributed by atoms with E-state index in [0.29, 0.717) is 6.42 Å². The van der Waals surface area contributed by atoms with Crippen LogP contribution in [0.4, 0.5) is 0 Å². The van der Waals surface area contributed by atoms with E-state index < -0.39 is 0 Å². The number of rotatable bonds is 7. The molecule has 0 atom stereocenters. The number of unbranched alkanes of at least 4 members (excludes halogenated alkanes) is 2. The highest BCUT2D eigenvalue weighted by atomic mass is 14.2. The average molecular weight is 175 g/mol. The van der Waals surface area contributed by atoms with Crippen LogP contribution in [0.3, 0.4) is 0 Å². The molecule has 0 bridgehead atoms. The fourth-order valence-electron chi connectivity index (χ4n) is 0.886. The Hall–Kier alpha value is -1.29. The summed E-state index contributed by atoms with van der Waals surface area (Å²) < 4.78 is 0. The van der Waals surface area contributed by atoms with Crippen molar-refractivity contribution in [2.45, 2.75) is 32.1 Å². The van der Waals surface area contributed by atoms with Gasteiger partial charge in [-0.25, -0.2) is 0 Å². The summed E-state index contributed by atoms with van der Waals surface area (Å²) in [6, 6.07) is 2.11. The number of hydrogen-bond acceptors (Lipinski definition) is 1. The lowest BCUT2D eigenvalue weighted by atomic mass is 10.2. The molecule has 0 aromatic heterocycles. The van der Waals surface area contributed by atoms with E-state index in [9.17, 15) is 0 Å². The van der Waals surface area contributed by atoms with Crippen LogP contribution in [0.2, 0.25) is 0 Å². The highest BCUT2D eigenvalue weighted by Gasteiger charge is 1.78. The van der Waals surface area contributed by atoms with Gasteiger partial charge in [0.25, 0.3) is 0 Å². The van der Waals surface area contributed by atoms with Crippen LogP contribution in [-0.4, -0.2) is 0 Å². The van der Waals surface area contributed by atoms with Crippen LogP contribution in [0, 0.1) is 11.3 Å². The van der Waals surface area contributed by atoms with E-state index in [1.54, 1.807) is 0 Å². The molecule has 0 aromatic rings. The zero-order valence-electron chi connectivity index (χ0n) is 8.08. The fraction of sp³-hybridized carbons (Fsp3) is 0.417. The molecule has 13 heavy (non-hydrogen) atoms. The van der Waals surface area contributed by atoms with Crippen molar-refractivity contribution in [3.63, 3.8) is 0 Å². The van der Waals surface area contributed by atoms with Gasteiger partial charge >= 0.3 is 0 Å². The van der Waals surface area contributed by atoms with E-state index in [0.717, 1.165) is 25.7 Å². The molecule has 0 unspecified atom stereocenters. The van der Waals surface area contributed by atoms with Crippen LogP contribution in [0.15, 0.2) is 37.0 Å². The molecule has 0 fully saturated rings. The first kappa shape index (κ1) is 11.7. The van der Waals surface area contributed by atoms with Gasteiger partial charge in [-0.1, -0.05) is 30.4 Å². The molecule has 70 valence electrons. The maximum absolute atomic E-state index is 8.26. The van der Waals surface area contributed by atoms with Crippen LogP contribution in [0.5, 0.6) is 0 Å². The Bertz CT molecular complexity index is 206. The third-order valence-corrected chi connectivity index (χ3v) is 1.56. The van der Waals surface area contributed by atoms with Crippen LogP contribution in [0.25, 0.3) is 0 Å². The van der Waals surface area contributed by atoms with Crippen molar-refractivity contribution < 1.29 is 0 Å².